The predicted molar refractivity (Wildman–Crippen MR) is 89.8 cm³/mol. The Morgan fingerprint density at radius 1 is 1.27 bits per heavy atom. The monoisotopic (exact) mass is 336 g/mol. The Balaban J connectivity index is 1.70. The summed E-state index contributed by atoms with van der Waals surface area (Å²) in [6.45, 7) is 0.151. The summed E-state index contributed by atoms with van der Waals surface area (Å²) in [4.78, 5) is 15.7. The van der Waals surface area contributed by atoms with Gasteiger partial charge in [-0.1, -0.05) is 29.8 Å². The minimum atomic E-state index is -0.803. The standard InChI is InChI=1S/C16H17ClN2O2S/c17-14-4-2-1-3-13(14)15(20)9-19-16(21)11-22-10-12-5-7-18-8-6-12/h1-8,15,20H,9-11H2,(H,19,21). The Kier molecular flexibility index (Phi) is 6.71. The van der Waals surface area contributed by atoms with Gasteiger partial charge in [-0.15, -0.1) is 11.8 Å². The molecule has 1 amide bonds. The molecule has 116 valence electrons. The van der Waals surface area contributed by atoms with Gasteiger partial charge in [-0.05, 0) is 23.8 Å². The first-order valence-electron chi connectivity index (χ1n) is 6.82. The lowest BCUT2D eigenvalue weighted by Crippen LogP contribution is -2.29. The number of benzene rings is 1. The Bertz CT molecular complexity index is 610. The molecule has 22 heavy (non-hydrogen) atoms. The van der Waals surface area contributed by atoms with Gasteiger partial charge in [-0.25, -0.2) is 0 Å². The number of nitrogens with one attached hydrogen (secondary N) is 1. The van der Waals surface area contributed by atoms with Crippen molar-refractivity contribution >= 4 is 29.3 Å². The van der Waals surface area contributed by atoms with E-state index in [1.165, 1.54) is 11.8 Å². The summed E-state index contributed by atoms with van der Waals surface area (Å²) in [5.74, 6) is 0.991. The molecule has 1 aromatic carbocycles. The molecule has 0 saturated carbocycles. The van der Waals surface area contributed by atoms with Gasteiger partial charge in [-0.2, -0.15) is 0 Å². The van der Waals surface area contributed by atoms with E-state index < -0.39 is 6.10 Å². The molecule has 0 fully saturated rings. The van der Waals surface area contributed by atoms with Gasteiger partial charge in [0.2, 0.25) is 5.91 Å². The van der Waals surface area contributed by atoms with E-state index in [0.29, 0.717) is 16.3 Å². The molecule has 2 rings (SSSR count). The van der Waals surface area contributed by atoms with E-state index in [1.54, 1.807) is 36.7 Å². The normalized spacial score (nSPS) is 11.9. The van der Waals surface area contributed by atoms with Crippen LogP contribution in [0.25, 0.3) is 0 Å². The quantitative estimate of drug-likeness (QED) is 0.816. The molecular weight excluding hydrogens is 320 g/mol. The number of amides is 1. The van der Waals surface area contributed by atoms with Crippen LogP contribution >= 0.6 is 23.4 Å². The largest absolute Gasteiger partial charge is 0.387 e. The molecule has 0 spiro atoms. The molecule has 1 aromatic heterocycles. The summed E-state index contributed by atoms with van der Waals surface area (Å²) in [6, 6.07) is 10.9. The lowest BCUT2D eigenvalue weighted by molar-refractivity contribution is -0.119. The third kappa shape index (κ3) is 5.33. The van der Waals surface area contributed by atoms with Crippen LogP contribution in [-0.2, 0) is 10.5 Å². The molecular formula is C16H17ClN2O2S. The molecule has 4 nitrogen and oxygen atoms in total. The Hall–Kier alpha value is -1.56. The maximum atomic E-state index is 11.8. The Labute approximate surface area is 138 Å². The molecule has 0 aliphatic rings. The first-order chi connectivity index (χ1) is 10.7. The zero-order valence-electron chi connectivity index (χ0n) is 11.9. The van der Waals surface area contributed by atoms with Crippen LogP contribution in [0.3, 0.4) is 0 Å². The summed E-state index contributed by atoms with van der Waals surface area (Å²) in [6.07, 6.45) is 2.66. The van der Waals surface area contributed by atoms with Crippen molar-refractivity contribution in [2.75, 3.05) is 12.3 Å². The number of thioether (sulfide) groups is 1. The van der Waals surface area contributed by atoms with Gasteiger partial charge in [0.1, 0.15) is 0 Å². The molecule has 0 aliphatic heterocycles. The second kappa shape index (κ2) is 8.78. The lowest BCUT2D eigenvalue weighted by atomic mass is 10.1. The first-order valence-corrected chi connectivity index (χ1v) is 8.36. The summed E-state index contributed by atoms with van der Waals surface area (Å²) >= 11 is 7.52. The third-order valence-electron chi connectivity index (χ3n) is 3.01. The van der Waals surface area contributed by atoms with Crippen molar-refractivity contribution in [2.45, 2.75) is 11.9 Å². The minimum absolute atomic E-state index is 0.106. The highest BCUT2D eigenvalue weighted by molar-refractivity contribution is 7.99. The number of rotatable bonds is 7. The highest BCUT2D eigenvalue weighted by Gasteiger charge is 2.12. The van der Waals surface area contributed by atoms with Gasteiger partial charge in [0, 0.05) is 35.3 Å². The average Bonchev–Trinajstić information content (AvgIpc) is 2.54. The summed E-state index contributed by atoms with van der Waals surface area (Å²) in [5.41, 5.74) is 1.75. The second-order valence-corrected chi connectivity index (χ2v) is 6.08. The number of carbonyl (C=O) groups excluding carboxylic acids is 1. The van der Waals surface area contributed by atoms with E-state index >= 15 is 0 Å². The van der Waals surface area contributed by atoms with E-state index in [9.17, 15) is 9.90 Å². The number of pyridine rings is 1. The summed E-state index contributed by atoms with van der Waals surface area (Å²) in [5, 5.41) is 13.3. The van der Waals surface area contributed by atoms with Crippen molar-refractivity contribution in [2.24, 2.45) is 0 Å². The van der Waals surface area contributed by atoms with Gasteiger partial charge in [0.25, 0.3) is 0 Å². The fraction of sp³-hybridized carbons (Fsp3) is 0.250. The van der Waals surface area contributed by atoms with Crippen molar-refractivity contribution in [1.82, 2.24) is 10.3 Å². The SMILES string of the molecule is O=C(CSCc1ccncc1)NCC(O)c1ccccc1Cl. The average molecular weight is 337 g/mol. The van der Waals surface area contributed by atoms with Crippen LogP contribution in [0, 0.1) is 0 Å². The fourth-order valence-electron chi connectivity index (χ4n) is 1.86. The van der Waals surface area contributed by atoms with Crippen LogP contribution in [0.2, 0.25) is 5.02 Å². The number of halogens is 1. The van der Waals surface area contributed by atoms with E-state index in [4.69, 9.17) is 11.6 Å². The highest BCUT2D eigenvalue weighted by Crippen LogP contribution is 2.21. The molecule has 6 heteroatoms. The lowest BCUT2D eigenvalue weighted by Gasteiger charge is -2.13. The molecule has 0 saturated heterocycles. The topological polar surface area (TPSA) is 62.2 Å². The number of aromatic nitrogens is 1. The molecule has 0 radical (unpaired) electrons. The maximum absolute atomic E-state index is 11.8. The molecule has 1 unspecified atom stereocenters. The van der Waals surface area contributed by atoms with Crippen LogP contribution in [-0.4, -0.2) is 28.3 Å². The van der Waals surface area contributed by atoms with Crippen LogP contribution in [0.1, 0.15) is 17.2 Å². The zero-order chi connectivity index (χ0) is 15.8. The maximum Gasteiger partial charge on any atom is 0.230 e. The van der Waals surface area contributed by atoms with Gasteiger partial charge in [0.05, 0.1) is 11.9 Å². The van der Waals surface area contributed by atoms with Crippen LogP contribution < -0.4 is 5.32 Å². The predicted octanol–water partition coefficient (Wildman–Crippen LogP) is 2.82. The number of hydrogen-bond donors (Lipinski definition) is 2. The third-order valence-corrected chi connectivity index (χ3v) is 4.36. The van der Waals surface area contributed by atoms with Crippen molar-refractivity contribution < 1.29 is 9.90 Å². The fourth-order valence-corrected chi connectivity index (χ4v) is 2.94. The summed E-state index contributed by atoms with van der Waals surface area (Å²) in [7, 11) is 0. The Morgan fingerprint density at radius 2 is 2.00 bits per heavy atom. The molecule has 2 aromatic rings. The van der Waals surface area contributed by atoms with Gasteiger partial charge < -0.3 is 10.4 Å². The highest BCUT2D eigenvalue weighted by atomic mass is 35.5. The number of carbonyl (C=O) groups is 1. The van der Waals surface area contributed by atoms with E-state index in [-0.39, 0.29) is 12.5 Å². The van der Waals surface area contributed by atoms with Gasteiger partial charge in [0.15, 0.2) is 0 Å². The van der Waals surface area contributed by atoms with Gasteiger partial charge in [-0.3, -0.25) is 9.78 Å². The van der Waals surface area contributed by atoms with Crippen LogP contribution in [0.5, 0.6) is 0 Å². The molecule has 0 bridgehead atoms. The zero-order valence-corrected chi connectivity index (χ0v) is 13.5. The van der Waals surface area contributed by atoms with E-state index in [2.05, 4.69) is 10.3 Å². The number of nitrogens with zero attached hydrogens (tertiary/aromatic N) is 1. The number of hydrogen-bond acceptors (Lipinski definition) is 4. The van der Waals surface area contributed by atoms with Crippen LogP contribution in [0.4, 0.5) is 0 Å². The van der Waals surface area contributed by atoms with Crippen molar-refractivity contribution in [3.8, 4) is 0 Å². The number of aliphatic hydroxyl groups is 1. The van der Waals surface area contributed by atoms with Gasteiger partial charge >= 0.3 is 0 Å². The van der Waals surface area contributed by atoms with Crippen molar-refractivity contribution in [1.29, 1.82) is 0 Å². The van der Waals surface area contributed by atoms with E-state index in [0.717, 1.165) is 11.3 Å². The first kappa shape index (κ1) is 16.8. The van der Waals surface area contributed by atoms with Crippen molar-refractivity contribution in [3.63, 3.8) is 0 Å². The van der Waals surface area contributed by atoms with Crippen molar-refractivity contribution in [3.05, 3.63) is 64.9 Å². The molecule has 2 N–H and O–H groups in total. The summed E-state index contributed by atoms with van der Waals surface area (Å²) < 4.78 is 0. The molecule has 1 heterocycles. The molecule has 1 atom stereocenters. The second-order valence-electron chi connectivity index (χ2n) is 4.69. The number of aliphatic hydroxyl groups excluding tert-OH is 1. The smallest absolute Gasteiger partial charge is 0.230 e. The Morgan fingerprint density at radius 3 is 2.73 bits per heavy atom. The van der Waals surface area contributed by atoms with Crippen LogP contribution in [0.15, 0.2) is 48.8 Å². The molecule has 0 aliphatic carbocycles. The van der Waals surface area contributed by atoms with E-state index in [1.807, 2.05) is 12.1 Å². The minimum Gasteiger partial charge on any atom is -0.387 e.